The van der Waals surface area contributed by atoms with E-state index in [0.717, 1.165) is 0 Å². The molecule has 0 aromatic heterocycles. The van der Waals surface area contributed by atoms with Crippen LogP contribution in [0, 0.1) is 11.3 Å². The lowest BCUT2D eigenvalue weighted by atomic mass is 10.2. The first-order valence-corrected chi connectivity index (χ1v) is 7.37. The number of benzene rings is 1. The van der Waals surface area contributed by atoms with E-state index in [0.29, 0.717) is 17.7 Å². The second-order valence-corrected chi connectivity index (χ2v) is 5.82. The van der Waals surface area contributed by atoms with Crippen LogP contribution >= 0.6 is 0 Å². The molecule has 0 heterocycles. The summed E-state index contributed by atoms with van der Waals surface area (Å²) in [5.41, 5.74) is 6.20. The molecule has 1 aromatic rings. The van der Waals surface area contributed by atoms with Gasteiger partial charge in [-0.15, -0.1) is 0 Å². The zero-order valence-electron chi connectivity index (χ0n) is 10.3. The second kappa shape index (κ2) is 6.38. The average Bonchev–Trinajstić information content (AvgIpc) is 2.35. The number of nitrogens with zero attached hydrogens (tertiary/aromatic N) is 2. The maximum atomic E-state index is 12.2. The minimum atomic E-state index is -3.42. The number of nitrogens with two attached hydrogens (primary N) is 1. The van der Waals surface area contributed by atoms with Crippen LogP contribution in [-0.4, -0.2) is 27.3 Å². The Kier molecular flexibility index (Phi) is 5.13. The molecule has 0 aliphatic heterocycles. The molecule has 0 aliphatic carbocycles. The molecular formula is C12H17N3O2S. The third-order valence-corrected chi connectivity index (χ3v) is 4.40. The first-order chi connectivity index (χ1) is 8.56. The van der Waals surface area contributed by atoms with Crippen molar-refractivity contribution in [3.63, 3.8) is 0 Å². The zero-order valence-corrected chi connectivity index (χ0v) is 11.2. The van der Waals surface area contributed by atoms with Crippen molar-refractivity contribution in [2.24, 2.45) is 5.73 Å². The molecule has 98 valence electrons. The van der Waals surface area contributed by atoms with Gasteiger partial charge in [0, 0.05) is 13.1 Å². The van der Waals surface area contributed by atoms with Crippen molar-refractivity contribution in [3.8, 4) is 6.07 Å². The van der Waals surface area contributed by atoms with Crippen LogP contribution < -0.4 is 10.0 Å². The summed E-state index contributed by atoms with van der Waals surface area (Å²) in [4.78, 5) is 0. The number of para-hydroxylation sites is 1. The highest BCUT2D eigenvalue weighted by Crippen LogP contribution is 2.22. The van der Waals surface area contributed by atoms with Crippen LogP contribution in [0.4, 0.5) is 5.69 Å². The van der Waals surface area contributed by atoms with Gasteiger partial charge >= 0.3 is 0 Å². The SMILES string of the molecule is CCCS(=O)(=O)N(CCN)c1ccccc1C#N. The zero-order chi connectivity index (χ0) is 13.6. The van der Waals surface area contributed by atoms with Gasteiger partial charge in [0.15, 0.2) is 0 Å². The molecule has 0 saturated carbocycles. The molecule has 0 spiro atoms. The van der Waals surface area contributed by atoms with E-state index in [1.165, 1.54) is 4.31 Å². The topological polar surface area (TPSA) is 87.2 Å². The lowest BCUT2D eigenvalue weighted by Gasteiger charge is -2.24. The normalized spacial score (nSPS) is 10.9. The largest absolute Gasteiger partial charge is 0.329 e. The van der Waals surface area contributed by atoms with Crippen molar-refractivity contribution in [2.45, 2.75) is 13.3 Å². The fraction of sp³-hybridized carbons (Fsp3) is 0.417. The van der Waals surface area contributed by atoms with Gasteiger partial charge in [-0.3, -0.25) is 4.31 Å². The van der Waals surface area contributed by atoms with Crippen LogP contribution in [0.25, 0.3) is 0 Å². The highest BCUT2D eigenvalue weighted by molar-refractivity contribution is 7.92. The number of hydrogen-bond donors (Lipinski definition) is 1. The van der Waals surface area contributed by atoms with Crippen LogP contribution in [0.3, 0.4) is 0 Å². The van der Waals surface area contributed by atoms with Crippen LogP contribution in [-0.2, 0) is 10.0 Å². The predicted octanol–water partition coefficient (Wildman–Crippen LogP) is 1.06. The number of hydrogen-bond acceptors (Lipinski definition) is 4. The molecule has 0 atom stereocenters. The van der Waals surface area contributed by atoms with E-state index >= 15 is 0 Å². The molecule has 1 aromatic carbocycles. The lowest BCUT2D eigenvalue weighted by molar-refractivity contribution is 0.589. The summed E-state index contributed by atoms with van der Waals surface area (Å²) < 4.78 is 25.5. The third-order valence-electron chi connectivity index (χ3n) is 2.42. The monoisotopic (exact) mass is 267 g/mol. The molecule has 0 bridgehead atoms. The van der Waals surface area contributed by atoms with Gasteiger partial charge in [-0.25, -0.2) is 8.42 Å². The Morgan fingerprint density at radius 2 is 2.06 bits per heavy atom. The Bertz CT molecular complexity index is 534. The molecule has 0 radical (unpaired) electrons. The second-order valence-electron chi connectivity index (χ2n) is 3.81. The van der Waals surface area contributed by atoms with E-state index in [2.05, 4.69) is 0 Å². The van der Waals surface area contributed by atoms with Crippen LogP contribution in [0.2, 0.25) is 0 Å². The molecule has 0 amide bonds. The van der Waals surface area contributed by atoms with E-state index in [4.69, 9.17) is 11.0 Å². The summed E-state index contributed by atoms with van der Waals surface area (Å²) in [5, 5.41) is 9.03. The van der Waals surface area contributed by atoms with Gasteiger partial charge in [-0.05, 0) is 18.6 Å². The van der Waals surface area contributed by atoms with Gasteiger partial charge in [0.1, 0.15) is 6.07 Å². The van der Waals surface area contributed by atoms with E-state index < -0.39 is 10.0 Å². The molecule has 0 saturated heterocycles. The van der Waals surface area contributed by atoms with Crippen LogP contribution in [0.1, 0.15) is 18.9 Å². The highest BCUT2D eigenvalue weighted by Gasteiger charge is 2.22. The fourth-order valence-corrected chi connectivity index (χ4v) is 3.26. The number of sulfonamides is 1. The Labute approximate surface area is 108 Å². The van der Waals surface area contributed by atoms with Gasteiger partial charge in [-0.1, -0.05) is 19.1 Å². The Balaban J connectivity index is 3.25. The Morgan fingerprint density at radius 1 is 1.39 bits per heavy atom. The Morgan fingerprint density at radius 3 is 2.61 bits per heavy atom. The van der Waals surface area contributed by atoms with Crippen LogP contribution in [0.15, 0.2) is 24.3 Å². The minimum Gasteiger partial charge on any atom is -0.329 e. The fourth-order valence-electron chi connectivity index (χ4n) is 1.68. The van der Waals surface area contributed by atoms with Crippen molar-refractivity contribution in [3.05, 3.63) is 29.8 Å². The molecular weight excluding hydrogens is 250 g/mol. The molecule has 2 N–H and O–H groups in total. The number of anilines is 1. The summed E-state index contributed by atoms with van der Waals surface area (Å²) in [5.74, 6) is 0.0484. The first kappa shape index (κ1) is 14.5. The summed E-state index contributed by atoms with van der Waals surface area (Å²) in [6.07, 6.45) is 0.526. The molecule has 0 fully saturated rings. The number of rotatable bonds is 6. The Hall–Kier alpha value is -1.58. The molecule has 0 aliphatic rings. The van der Waals surface area contributed by atoms with E-state index in [9.17, 15) is 8.42 Å². The third kappa shape index (κ3) is 3.22. The maximum Gasteiger partial charge on any atom is 0.235 e. The summed E-state index contributed by atoms with van der Waals surface area (Å²) in [6.45, 7) is 2.19. The van der Waals surface area contributed by atoms with Crippen LogP contribution in [0.5, 0.6) is 0 Å². The van der Waals surface area contributed by atoms with Gasteiger partial charge in [0.05, 0.1) is 17.0 Å². The van der Waals surface area contributed by atoms with Crippen molar-refractivity contribution >= 4 is 15.7 Å². The van der Waals surface area contributed by atoms with E-state index in [-0.39, 0.29) is 18.8 Å². The standard InChI is InChI=1S/C12H17N3O2S/c1-2-9-18(16,17)15(8-7-13)12-6-4-3-5-11(12)10-14/h3-6H,2,7-9,13H2,1H3. The van der Waals surface area contributed by atoms with Crippen molar-refractivity contribution in [2.75, 3.05) is 23.1 Å². The van der Waals surface area contributed by atoms with Gasteiger partial charge in [0.2, 0.25) is 10.0 Å². The maximum absolute atomic E-state index is 12.2. The molecule has 5 nitrogen and oxygen atoms in total. The molecule has 18 heavy (non-hydrogen) atoms. The van der Waals surface area contributed by atoms with E-state index in [1.54, 1.807) is 31.2 Å². The smallest absolute Gasteiger partial charge is 0.235 e. The van der Waals surface area contributed by atoms with Crippen molar-refractivity contribution < 1.29 is 8.42 Å². The number of nitriles is 1. The lowest BCUT2D eigenvalue weighted by Crippen LogP contribution is -2.37. The molecule has 6 heteroatoms. The minimum absolute atomic E-state index is 0.0484. The van der Waals surface area contributed by atoms with Gasteiger partial charge in [-0.2, -0.15) is 5.26 Å². The average molecular weight is 267 g/mol. The molecule has 0 unspecified atom stereocenters. The summed E-state index contributed by atoms with van der Waals surface area (Å²) in [7, 11) is -3.42. The van der Waals surface area contributed by atoms with Gasteiger partial charge in [0.25, 0.3) is 0 Å². The van der Waals surface area contributed by atoms with Crippen molar-refractivity contribution in [1.29, 1.82) is 5.26 Å². The predicted molar refractivity (Wildman–Crippen MR) is 71.6 cm³/mol. The quantitative estimate of drug-likeness (QED) is 0.835. The summed E-state index contributed by atoms with van der Waals surface area (Å²) in [6, 6.07) is 8.64. The molecule has 1 rings (SSSR count). The first-order valence-electron chi connectivity index (χ1n) is 5.76. The highest BCUT2D eigenvalue weighted by atomic mass is 32.2. The van der Waals surface area contributed by atoms with Gasteiger partial charge < -0.3 is 5.73 Å². The van der Waals surface area contributed by atoms with E-state index in [1.807, 2.05) is 6.07 Å². The summed E-state index contributed by atoms with van der Waals surface area (Å²) >= 11 is 0. The van der Waals surface area contributed by atoms with Crippen molar-refractivity contribution in [1.82, 2.24) is 0 Å².